The number of rotatable bonds is 6. The Bertz CT molecular complexity index is 1190. The van der Waals surface area contributed by atoms with Crippen LogP contribution < -0.4 is 5.32 Å². The molecule has 0 radical (unpaired) electrons. The largest absolute Gasteiger partial charge is 0.338 e. The van der Waals surface area contributed by atoms with Crippen LogP contribution in [0.15, 0.2) is 66.7 Å². The highest BCUT2D eigenvalue weighted by atomic mass is 16.1. The van der Waals surface area contributed by atoms with Gasteiger partial charge in [0.2, 0.25) is 5.91 Å². The number of amides is 1. The first-order valence-electron chi connectivity index (χ1n) is 10.5. The van der Waals surface area contributed by atoms with E-state index in [4.69, 9.17) is 4.98 Å². The van der Waals surface area contributed by atoms with Gasteiger partial charge in [-0.15, -0.1) is 0 Å². The molecule has 0 saturated heterocycles. The number of imidazole rings is 1. The molecule has 0 aliphatic carbocycles. The van der Waals surface area contributed by atoms with Gasteiger partial charge in [-0.3, -0.25) is 4.79 Å². The zero-order chi connectivity index (χ0) is 22.0. The number of nitrogens with zero attached hydrogens (tertiary/aromatic N) is 2. The predicted molar refractivity (Wildman–Crippen MR) is 128 cm³/mol. The molecular weight excluding hydrogens is 384 g/mol. The van der Waals surface area contributed by atoms with Crippen molar-refractivity contribution in [1.29, 1.82) is 0 Å². The van der Waals surface area contributed by atoms with Crippen molar-refractivity contribution in [2.75, 3.05) is 26.0 Å². The van der Waals surface area contributed by atoms with Crippen molar-refractivity contribution >= 4 is 22.6 Å². The number of H-pyrrole nitrogens is 1. The predicted octanol–water partition coefficient (Wildman–Crippen LogP) is 5.34. The van der Waals surface area contributed by atoms with Crippen molar-refractivity contribution < 1.29 is 4.79 Å². The van der Waals surface area contributed by atoms with E-state index in [1.165, 1.54) is 5.56 Å². The highest BCUT2D eigenvalue weighted by Gasteiger charge is 2.14. The molecule has 1 amide bonds. The smallest absolute Gasteiger partial charge is 0.228 e. The minimum absolute atomic E-state index is 0.0341. The summed E-state index contributed by atoms with van der Waals surface area (Å²) >= 11 is 0. The molecule has 5 nitrogen and oxygen atoms in total. The fraction of sp³-hybridized carbons (Fsp3) is 0.231. The van der Waals surface area contributed by atoms with Crippen molar-refractivity contribution in [3.63, 3.8) is 0 Å². The van der Waals surface area contributed by atoms with Crippen molar-refractivity contribution in [2.24, 2.45) is 5.92 Å². The van der Waals surface area contributed by atoms with Gasteiger partial charge >= 0.3 is 0 Å². The van der Waals surface area contributed by atoms with Gasteiger partial charge in [-0.1, -0.05) is 55.5 Å². The SMILES string of the molecule is Cc1cccc2[nH]c(-c3ccc(-c4ccc(NC(=O)C(C)CN(C)C)cc4)cc3)nc12. The Morgan fingerprint density at radius 3 is 2.19 bits per heavy atom. The zero-order valence-electron chi connectivity index (χ0n) is 18.4. The van der Waals surface area contributed by atoms with Gasteiger partial charge in [-0.05, 0) is 55.9 Å². The Balaban J connectivity index is 1.47. The number of aromatic amines is 1. The highest BCUT2D eigenvalue weighted by molar-refractivity contribution is 5.92. The number of aryl methyl sites for hydroxylation is 1. The van der Waals surface area contributed by atoms with Crippen molar-refractivity contribution in [1.82, 2.24) is 14.9 Å². The molecule has 1 atom stereocenters. The van der Waals surface area contributed by atoms with Crippen LogP contribution in [0.4, 0.5) is 5.69 Å². The number of nitrogens with one attached hydrogen (secondary N) is 2. The molecule has 2 N–H and O–H groups in total. The van der Waals surface area contributed by atoms with E-state index in [1.807, 2.05) is 56.3 Å². The first-order chi connectivity index (χ1) is 14.9. The van der Waals surface area contributed by atoms with E-state index in [1.54, 1.807) is 0 Å². The number of hydrogen-bond acceptors (Lipinski definition) is 3. The molecular formula is C26H28N4O. The first kappa shape index (κ1) is 20.8. The Morgan fingerprint density at radius 1 is 0.968 bits per heavy atom. The van der Waals surface area contributed by atoms with Gasteiger partial charge < -0.3 is 15.2 Å². The van der Waals surface area contributed by atoms with Crippen LogP contribution in [0.5, 0.6) is 0 Å². The zero-order valence-corrected chi connectivity index (χ0v) is 18.4. The van der Waals surface area contributed by atoms with E-state index in [-0.39, 0.29) is 11.8 Å². The van der Waals surface area contributed by atoms with Gasteiger partial charge in [-0.2, -0.15) is 0 Å². The Morgan fingerprint density at radius 2 is 1.58 bits per heavy atom. The number of fused-ring (bicyclic) bond motifs is 1. The van der Waals surface area contributed by atoms with Crippen LogP contribution in [0.1, 0.15) is 12.5 Å². The molecule has 4 rings (SSSR count). The van der Waals surface area contributed by atoms with E-state index in [9.17, 15) is 4.79 Å². The average Bonchev–Trinajstić information content (AvgIpc) is 3.20. The summed E-state index contributed by atoms with van der Waals surface area (Å²) in [7, 11) is 3.94. The van der Waals surface area contributed by atoms with E-state index < -0.39 is 0 Å². The third-order valence-corrected chi connectivity index (χ3v) is 5.45. The maximum absolute atomic E-state index is 12.3. The molecule has 0 bridgehead atoms. The minimum atomic E-state index is -0.0655. The Labute approximate surface area is 183 Å². The first-order valence-corrected chi connectivity index (χ1v) is 10.5. The quantitative estimate of drug-likeness (QED) is 0.449. The molecule has 31 heavy (non-hydrogen) atoms. The van der Waals surface area contributed by atoms with E-state index in [2.05, 4.69) is 53.6 Å². The maximum atomic E-state index is 12.3. The molecule has 0 aliphatic rings. The lowest BCUT2D eigenvalue weighted by atomic mass is 10.0. The van der Waals surface area contributed by atoms with Crippen LogP contribution in [0.3, 0.4) is 0 Å². The highest BCUT2D eigenvalue weighted by Crippen LogP contribution is 2.27. The van der Waals surface area contributed by atoms with Crippen LogP contribution in [-0.2, 0) is 4.79 Å². The van der Waals surface area contributed by atoms with Crippen molar-refractivity contribution in [3.8, 4) is 22.5 Å². The standard InChI is InChI=1S/C26H28N4O/c1-17-6-5-7-23-24(17)29-25(28-23)21-10-8-19(9-11-21)20-12-14-22(15-13-20)27-26(31)18(2)16-30(3)4/h5-15,18H,16H2,1-4H3,(H,27,31)(H,28,29). The van der Waals surface area contributed by atoms with Crippen molar-refractivity contribution in [3.05, 3.63) is 72.3 Å². The molecule has 0 saturated carbocycles. The second kappa shape index (κ2) is 8.74. The molecule has 158 valence electrons. The maximum Gasteiger partial charge on any atom is 0.228 e. The van der Waals surface area contributed by atoms with Gasteiger partial charge in [0.25, 0.3) is 0 Å². The summed E-state index contributed by atoms with van der Waals surface area (Å²) in [6.45, 7) is 4.74. The normalized spacial score (nSPS) is 12.3. The van der Waals surface area contributed by atoms with Crippen LogP contribution in [0.2, 0.25) is 0 Å². The fourth-order valence-electron chi connectivity index (χ4n) is 3.77. The van der Waals surface area contributed by atoms with Gasteiger partial charge in [0.15, 0.2) is 0 Å². The number of aromatic nitrogens is 2. The van der Waals surface area contributed by atoms with Crippen molar-refractivity contribution in [2.45, 2.75) is 13.8 Å². The summed E-state index contributed by atoms with van der Waals surface area (Å²) in [5.41, 5.74) is 7.32. The lowest BCUT2D eigenvalue weighted by Gasteiger charge is -2.16. The average molecular weight is 413 g/mol. The molecule has 4 aromatic rings. The summed E-state index contributed by atoms with van der Waals surface area (Å²) in [5, 5.41) is 3.00. The summed E-state index contributed by atoms with van der Waals surface area (Å²) in [6, 6.07) is 22.5. The van der Waals surface area contributed by atoms with E-state index in [0.29, 0.717) is 0 Å². The van der Waals surface area contributed by atoms with Gasteiger partial charge in [0, 0.05) is 23.7 Å². The van der Waals surface area contributed by atoms with Gasteiger partial charge in [-0.25, -0.2) is 4.98 Å². The molecule has 3 aromatic carbocycles. The number of para-hydroxylation sites is 1. The Kier molecular flexibility index (Phi) is 5.87. The molecule has 0 aliphatic heterocycles. The summed E-state index contributed by atoms with van der Waals surface area (Å²) in [5.74, 6) is 0.844. The van der Waals surface area contributed by atoms with Gasteiger partial charge in [0.05, 0.1) is 11.0 Å². The number of hydrogen-bond donors (Lipinski definition) is 2. The van der Waals surface area contributed by atoms with Crippen LogP contribution in [0, 0.1) is 12.8 Å². The molecule has 0 fully saturated rings. The lowest BCUT2D eigenvalue weighted by Crippen LogP contribution is -2.29. The molecule has 1 aromatic heterocycles. The van der Waals surface area contributed by atoms with Gasteiger partial charge in [0.1, 0.15) is 5.82 Å². The van der Waals surface area contributed by atoms with Crippen LogP contribution >= 0.6 is 0 Å². The topological polar surface area (TPSA) is 61.0 Å². The number of benzene rings is 3. The summed E-state index contributed by atoms with van der Waals surface area (Å²) in [4.78, 5) is 22.5. The second-order valence-electron chi connectivity index (χ2n) is 8.36. The molecule has 1 heterocycles. The molecule has 5 heteroatoms. The monoisotopic (exact) mass is 412 g/mol. The summed E-state index contributed by atoms with van der Waals surface area (Å²) in [6.07, 6.45) is 0. The van der Waals surface area contributed by atoms with E-state index >= 15 is 0 Å². The second-order valence-corrected chi connectivity index (χ2v) is 8.36. The third-order valence-electron chi connectivity index (χ3n) is 5.45. The fourth-order valence-corrected chi connectivity index (χ4v) is 3.77. The van der Waals surface area contributed by atoms with Crippen LogP contribution in [0.25, 0.3) is 33.5 Å². The minimum Gasteiger partial charge on any atom is -0.338 e. The molecule has 0 spiro atoms. The van der Waals surface area contributed by atoms with E-state index in [0.717, 1.165) is 45.8 Å². The molecule has 1 unspecified atom stereocenters. The lowest BCUT2D eigenvalue weighted by molar-refractivity contribution is -0.119. The Hall–Kier alpha value is -3.44. The third kappa shape index (κ3) is 4.67. The number of carbonyl (C=O) groups is 1. The van der Waals surface area contributed by atoms with Crippen LogP contribution in [-0.4, -0.2) is 41.4 Å². The number of carbonyl (C=O) groups excluding carboxylic acids is 1. The summed E-state index contributed by atoms with van der Waals surface area (Å²) < 4.78 is 0. The number of anilines is 1.